The smallest absolute Gasteiger partial charge is 0.264 e. The average Bonchev–Trinajstić information content (AvgIpc) is 3.40. The van der Waals surface area contributed by atoms with Gasteiger partial charge in [0.05, 0.1) is 27.9 Å². The number of sulfonamides is 1. The van der Waals surface area contributed by atoms with Gasteiger partial charge < -0.3 is 15.4 Å². The van der Waals surface area contributed by atoms with E-state index in [1.165, 1.54) is 18.2 Å². The lowest BCUT2D eigenvalue weighted by Gasteiger charge is -2.24. The monoisotopic (exact) mass is 541 g/mol. The summed E-state index contributed by atoms with van der Waals surface area (Å²) < 4.78 is 33.7. The van der Waals surface area contributed by atoms with E-state index in [0.717, 1.165) is 22.7 Å². The highest BCUT2D eigenvalue weighted by atomic mass is 35.5. The van der Waals surface area contributed by atoms with Crippen LogP contribution < -0.4 is 14.9 Å². The minimum Gasteiger partial charge on any atom is -0.376 e. The number of halogens is 1. The molecule has 0 aliphatic carbocycles. The Balaban J connectivity index is 1.55. The third-order valence-electron chi connectivity index (χ3n) is 5.95. The molecular weight excluding hydrogens is 514 g/mol. The molecule has 1 fully saturated rings. The van der Waals surface area contributed by atoms with E-state index in [2.05, 4.69) is 10.6 Å². The van der Waals surface area contributed by atoms with Gasteiger partial charge in [0.15, 0.2) is 0 Å². The first-order valence-corrected chi connectivity index (χ1v) is 13.7. The number of carbonyl (C=O) groups excluding carboxylic acids is 2. The third kappa shape index (κ3) is 6.68. The van der Waals surface area contributed by atoms with Crippen LogP contribution in [0.5, 0.6) is 0 Å². The quantitative estimate of drug-likeness (QED) is 0.418. The van der Waals surface area contributed by atoms with E-state index in [-0.39, 0.29) is 33.8 Å². The van der Waals surface area contributed by atoms with Crippen LogP contribution in [-0.2, 0) is 19.6 Å². The summed E-state index contributed by atoms with van der Waals surface area (Å²) in [7, 11) is -4.10. The number of rotatable bonds is 9. The standard InChI is InChI=1S/C27H28ClN3O5S/c1-19-11-13-23(14-12-19)37(34,35)31(21-7-4-6-20(28)16-21)18-26(32)30-25-10-3-2-9-24(25)27(33)29-17-22-8-5-15-36-22/h2-4,6-7,9-14,16,22H,5,8,15,17-18H2,1H3,(H,29,33)(H,30,32)/t22-/m0/s1. The maximum Gasteiger partial charge on any atom is 0.264 e. The largest absolute Gasteiger partial charge is 0.376 e. The van der Waals surface area contributed by atoms with Crippen molar-refractivity contribution in [3.63, 3.8) is 0 Å². The molecule has 1 atom stereocenters. The van der Waals surface area contributed by atoms with Crippen molar-refractivity contribution < 1.29 is 22.7 Å². The Labute approximate surface area is 221 Å². The molecule has 0 bridgehead atoms. The number of ether oxygens (including phenoxy) is 1. The minimum absolute atomic E-state index is 0.0241. The summed E-state index contributed by atoms with van der Waals surface area (Å²) >= 11 is 6.13. The Bertz CT molecular complexity index is 1370. The molecule has 0 saturated carbocycles. The Hall–Kier alpha value is -3.40. The Morgan fingerprint density at radius 1 is 1.05 bits per heavy atom. The van der Waals surface area contributed by atoms with Crippen molar-refractivity contribution in [2.45, 2.75) is 30.8 Å². The van der Waals surface area contributed by atoms with Crippen molar-refractivity contribution in [1.29, 1.82) is 0 Å². The average molecular weight is 542 g/mol. The van der Waals surface area contributed by atoms with Crippen LogP contribution in [0.15, 0.2) is 77.7 Å². The second-order valence-corrected chi connectivity index (χ2v) is 11.0. The summed E-state index contributed by atoms with van der Waals surface area (Å²) in [6.07, 6.45) is 1.82. The summed E-state index contributed by atoms with van der Waals surface area (Å²) in [4.78, 5) is 26.0. The number of benzene rings is 3. The maximum atomic E-state index is 13.6. The normalized spacial score (nSPS) is 15.2. The fourth-order valence-corrected chi connectivity index (χ4v) is 5.60. The molecule has 0 aromatic heterocycles. The van der Waals surface area contributed by atoms with E-state index in [0.29, 0.717) is 18.2 Å². The van der Waals surface area contributed by atoms with Gasteiger partial charge in [-0.25, -0.2) is 8.42 Å². The number of para-hydroxylation sites is 1. The zero-order chi connectivity index (χ0) is 26.4. The van der Waals surface area contributed by atoms with Crippen LogP contribution >= 0.6 is 11.6 Å². The van der Waals surface area contributed by atoms with E-state index in [1.807, 2.05) is 6.92 Å². The highest BCUT2D eigenvalue weighted by molar-refractivity contribution is 7.92. The molecule has 10 heteroatoms. The first-order valence-electron chi connectivity index (χ1n) is 11.9. The number of hydrogen-bond donors (Lipinski definition) is 2. The Morgan fingerprint density at radius 2 is 1.81 bits per heavy atom. The van der Waals surface area contributed by atoms with E-state index >= 15 is 0 Å². The van der Waals surface area contributed by atoms with Gasteiger partial charge in [0.25, 0.3) is 15.9 Å². The van der Waals surface area contributed by atoms with Gasteiger partial charge >= 0.3 is 0 Å². The number of nitrogens with zero attached hydrogens (tertiary/aromatic N) is 1. The third-order valence-corrected chi connectivity index (χ3v) is 7.98. The first kappa shape index (κ1) is 26.7. The SMILES string of the molecule is Cc1ccc(S(=O)(=O)N(CC(=O)Nc2ccccc2C(=O)NC[C@@H]2CCCO2)c2cccc(Cl)c2)cc1. The Morgan fingerprint density at radius 3 is 2.51 bits per heavy atom. The van der Waals surface area contributed by atoms with Crippen LogP contribution in [0.3, 0.4) is 0 Å². The summed E-state index contributed by atoms with van der Waals surface area (Å²) in [6, 6.07) is 19.2. The Kier molecular flexibility index (Phi) is 8.48. The molecule has 0 spiro atoms. The molecule has 3 aromatic carbocycles. The highest BCUT2D eigenvalue weighted by Gasteiger charge is 2.28. The summed E-state index contributed by atoms with van der Waals surface area (Å²) in [5, 5.41) is 5.87. The molecule has 194 valence electrons. The van der Waals surface area contributed by atoms with Crippen LogP contribution in [0, 0.1) is 6.92 Å². The molecular formula is C27H28ClN3O5S. The van der Waals surface area contributed by atoms with Crippen LogP contribution in [0.25, 0.3) is 0 Å². The van der Waals surface area contributed by atoms with Crippen LogP contribution in [0.4, 0.5) is 11.4 Å². The summed E-state index contributed by atoms with van der Waals surface area (Å²) in [5.74, 6) is -0.972. The van der Waals surface area contributed by atoms with E-state index in [4.69, 9.17) is 16.3 Å². The lowest BCUT2D eigenvalue weighted by molar-refractivity contribution is -0.114. The lowest BCUT2D eigenvalue weighted by atomic mass is 10.1. The van der Waals surface area contributed by atoms with Crippen molar-refractivity contribution in [3.8, 4) is 0 Å². The van der Waals surface area contributed by atoms with Crippen LogP contribution in [0.1, 0.15) is 28.8 Å². The van der Waals surface area contributed by atoms with Gasteiger partial charge in [-0.2, -0.15) is 0 Å². The van der Waals surface area contributed by atoms with Gasteiger partial charge in [-0.05, 0) is 62.2 Å². The molecule has 2 amide bonds. The van der Waals surface area contributed by atoms with E-state index in [1.54, 1.807) is 54.6 Å². The van der Waals surface area contributed by atoms with Gasteiger partial charge in [0, 0.05) is 18.2 Å². The predicted molar refractivity (Wildman–Crippen MR) is 144 cm³/mol. The van der Waals surface area contributed by atoms with Crippen molar-refractivity contribution in [1.82, 2.24) is 5.32 Å². The fraction of sp³-hybridized carbons (Fsp3) is 0.259. The molecule has 2 N–H and O–H groups in total. The van der Waals surface area contributed by atoms with Crippen molar-refractivity contribution >= 4 is 44.8 Å². The molecule has 37 heavy (non-hydrogen) atoms. The highest BCUT2D eigenvalue weighted by Crippen LogP contribution is 2.27. The molecule has 1 heterocycles. The number of amides is 2. The number of aryl methyl sites for hydroxylation is 1. The lowest BCUT2D eigenvalue weighted by Crippen LogP contribution is -2.38. The topological polar surface area (TPSA) is 105 Å². The maximum absolute atomic E-state index is 13.6. The molecule has 3 aromatic rings. The van der Waals surface area contributed by atoms with Gasteiger partial charge in [-0.3, -0.25) is 13.9 Å². The molecule has 1 saturated heterocycles. The zero-order valence-corrected chi connectivity index (χ0v) is 21.9. The van der Waals surface area contributed by atoms with Crippen molar-refractivity contribution in [2.75, 3.05) is 29.3 Å². The van der Waals surface area contributed by atoms with Gasteiger partial charge in [0.2, 0.25) is 5.91 Å². The van der Waals surface area contributed by atoms with Crippen molar-refractivity contribution in [3.05, 3.63) is 88.9 Å². The van der Waals surface area contributed by atoms with E-state index < -0.39 is 22.5 Å². The molecule has 0 radical (unpaired) electrons. The van der Waals surface area contributed by atoms with E-state index in [9.17, 15) is 18.0 Å². The molecule has 0 unspecified atom stereocenters. The number of hydrogen-bond acceptors (Lipinski definition) is 5. The second-order valence-electron chi connectivity index (χ2n) is 8.74. The summed E-state index contributed by atoms with van der Waals surface area (Å²) in [6.45, 7) is 2.38. The predicted octanol–water partition coefficient (Wildman–Crippen LogP) is 4.39. The fourth-order valence-electron chi connectivity index (χ4n) is 4.00. The van der Waals surface area contributed by atoms with Crippen LogP contribution in [0.2, 0.25) is 5.02 Å². The molecule has 1 aliphatic rings. The first-order chi connectivity index (χ1) is 17.7. The van der Waals surface area contributed by atoms with Crippen molar-refractivity contribution in [2.24, 2.45) is 0 Å². The summed E-state index contributed by atoms with van der Waals surface area (Å²) in [5.41, 5.74) is 1.69. The molecule has 8 nitrogen and oxygen atoms in total. The van der Waals surface area contributed by atoms with Gasteiger partial charge in [0.1, 0.15) is 6.54 Å². The van der Waals surface area contributed by atoms with Crippen LogP contribution in [-0.4, -0.2) is 46.0 Å². The number of carbonyl (C=O) groups is 2. The second kappa shape index (κ2) is 11.8. The zero-order valence-electron chi connectivity index (χ0n) is 20.3. The minimum atomic E-state index is -4.10. The molecule has 4 rings (SSSR count). The van der Waals surface area contributed by atoms with Gasteiger partial charge in [-0.1, -0.05) is 47.5 Å². The number of anilines is 2. The number of nitrogens with one attached hydrogen (secondary N) is 2. The van der Waals surface area contributed by atoms with Gasteiger partial charge in [-0.15, -0.1) is 0 Å². The molecule has 1 aliphatic heterocycles.